The molecule has 3 heterocycles. The van der Waals surface area contributed by atoms with Crippen molar-refractivity contribution in [2.45, 2.75) is 5.16 Å². The number of para-hydroxylation sites is 1. The number of morpholine rings is 2. The Kier molecular flexibility index (Phi) is 8.57. The van der Waals surface area contributed by atoms with Crippen LogP contribution in [0.15, 0.2) is 53.7 Å². The SMILES string of the molecule is O=C(CSc1nc(Nc2ccccc2)nc(N2CCOCC2)n1)Nc1ccc(N2CCOCC2)c(Cl)c1. The first-order valence-corrected chi connectivity index (χ1v) is 13.5. The van der Waals surface area contributed by atoms with Gasteiger partial charge < -0.3 is 29.9 Å². The van der Waals surface area contributed by atoms with Crippen molar-refractivity contribution in [1.29, 1.82) is 0 Å². The minimum absolute atomic E-state index is 0.139. The van der Waals surface area contributed by atoms with Crippen molar-refractivity contribution in [3.63, 3.8) is 0 Å². The van der Waals surface area contributed by atoms with Crippen molar-refractivity contribution >= 4 is 58.2 Å². The molecule has 5 rings (SSSR count). The summed E-state index contributed by atoms with van der Waals surface area (Å²) in [5, 5.41) is 7.20. The molecule has 2 aromatic carbocycles. The molecule has 0 saturated carbocycles. The fraction of sp³-hybridized carbons (Fsp3) is 0.360. The number of amides is 1. The Bertz CT molecular complexity index is 1210. The molecule has 37 heavy (non-hydrogen) atoms. The highest BCUT2D eigenvalue weighted by molar-refractivity contribution is 7.99. The molecule has 0 atom stereocenters. The van der Waals surface area contributed by atoms with Crippen LogP contribution < -0.4 is 20.4 Å². The van der Waals surface area contributed by atoms with Gasteiger partial charge in [-0.3, -0.25) is 4.79 Å². The fourth-order valence-electron chi connectivity index (χ4n) is 3.99. The van der Waals surface area contributed by atoms with Crippen LogP contribution in [0, 0.1) is 0 Å². The second-order valence-corrected chi connectivity index (χ2v) is 9.78. The Morgan fingerprint density at radius 3 is 2.30 bits per heavy atom. The normalized spacial score (nSPS) is 15.9. The summed E-state index contributed by atoms with van der Waals surface area (Å²) in [7, 11) is 0. The van der Waals surface area contributed by atoms with E-state index < -0.39 is 0 Å². The van der Waals surface area contributed by atoms with Crippen molar-refractivity contribution in [1.82, 2.24) is 15.0 Å². The lowest BCUT2D eigenvalue weighted by molar-refractivity contribution is -0.113. The van der Waals surface area contributed by atoms with Crippen LogP contribution in [0.4, 0.5) is 29.0 Å². The maximum atomic E-state index is 12.7. The van der Waals surface area contributed by atoms with Crippen LogP contribution in [0.2, 0.25) is 5.02 Å². The lowest BCUT2D eigenvalue weighted by atomic mass is 10.2. The molecule has 2 N–H and O–H groups in total. The number of thioether (sulfide) groups is 1. The van der Waals surface area contributed by atoms with E-state index in [2.05, 4.69) is 35.4 Å². The van der Waals surface area contributed by atoms with Gasteiger partial charge in [0.2, 0.25) is 17.8 Å². The number of hydrogen-bond acceptors (Lipinski definition) is 10. The van der Waals surface area contributed by atoms with E-state index in [4.69, 9.17) is 21.1 Å². The molecule has 1 aromatic heterocycles. The summed E-state index contributed by atoms with van der Waals surface area (Å²) in [6, 6.07) is 15.3. The highest BCUT2D eigenvalue weighted by Crippen LogP contribution is 2.30. The van der Waals surface area contributed by atoms with Gasteiger partial charge in [-0.2, -0.15) is 15.0 Å². The maximum Gasteiger partial charge on any atom is 0.234 e. The number of hydrogen-bond donors (Lipinski definition) is 2. The highest BCUT2D eigenvalue weighted by atomic mass is 35.5. The highest BCUT2D eigenvalue weighted by Gasteiger charge is 2.18. The second kappa shape index (κ2) is 12.4. The number of nitrogens with zero attached hydrogens (tertiary/aromatic N) is 5. The van der Waals surface area contributed by atoms with Crippen LogP contribution >= 0.6 is 23.4 Å². The molecular formula is C25H28ClN7O3S. The number of aromatic nitrogens is 3. The molecule has 0 bridgehead atoms. The van der Waals surface area contributed by atoms with E-state index in [1.807, 2.05) is 42.5 Å². The standard InChI is InChI=1S/C25H28ClN7O3S/c26-20-16-19(6-7-21(20)32-8-12-35-13-9-32)27-22(34)17-37-25-30-23(28-18-4-2-1-3-5-18)29-24(31-25)33-10-14-36-15-11-33/h1-7,16H,8-15,17H2,(H,27,34)(H,28,29,30,31). The smallest absolute Gasteiger partial charge is 0.234 e. The minimum atomic E-state index is -0.175. The molecule has 2 saturated heterocycles. The number of halogens is 1. The van der Waals surface area contributed by atoms with Gasteiger partial charge in [0.05, 0.1) is 42.9 Å². The monoisotopic (exact) mass is 541 g/mol. The summed E-state index contributed by atoms with van der Waals surface area (Å²) >= 11 is 7.76. The average Bonchev–Trinajstić information content (AvgIpc) is 2.93. The van der Waals surface area contributed by atoms with Gasteiger partial charge in [0.1, 0.15) is 0 Å². The van der Waals surface area contributed by atoms with Crippen LogP contribution in [-0.2, 0) is 14.3 Å². The summed E-state index contributed by atoms with van der Waals surface area (Å²) in [5.41, 5.74) is 2.45. The molecule has 10 nitrogen and oxygen atoms in total. The summed E-state index contributed by atoms with van der Waals surface area (Å²) in [6.07, 6.45) is 0. The average molecular weight is 542 g/mol. The number of ether oxygens (including phenoxy) is 2. The van der Waals surface area contributed by atoms with Gasteiger partial charge in [-0.1, -0.05) is 41.6 Å². The zero-order valence-electron chi connectivity index (χ0n) is 20.2. The number of nitrogens with one attached hydrogen (secondary N) is 2. The van der Waals surface area contributed by atoms with E-state index in [1.54, 1.807) is 6.07 Å². The predicted molar refractivity (Wildman–Crippen MR) is 146 cm³/mol. The third kappa shape index (κ3) is 7.01. The molecule has 2 aliphatic rings. The Hall–Kier alpha value is -3.12. The van der Waals surface area contributed by atoms with E-state index in [1.165, 1.54) is 11.8 Å². The number of benzene rings is 2. The van der Waals surface area contributed by atoms with Gasteiger partial charge in [0, 0.05) is 37.6 Å². The van der Waals surface area contributed by atoms with Gasteiger partial charge in [-0.15, -0.1) is 0 Å². The van der Waals surface area contributed by atoms with E-state index in [9.17, 15) is 4.79 Å². The number of rotatable bonds is 8. The molecule has 0 unspecified atom stereocenters. The van der Waals surface area contributed by atoms with Gasteiger partial charge in [-0.25, -0.2) is 0 Å². The van der Waals surface area contributed by atoms with Gasteiger partial charge in [-0.05, 0) is 30.3 Å². The zero-order valence-corrected chi connectivity index (χ0v) is 21.8. The minimum Gasteiger partial charge on any atom is -0.378 e. The number of carbonyl (C=O) groups is 1. The third-order valence-electron chi connectivity index (χ3n) is 5.84. The molecular weight excluding hydrogens is 514 g/mol. The first-order chi connectivity index (χ1) is 18.1. The largest absolute Gasteiger partial charge is 0.378 e. The lowest BCUT2D eigenvalue weighted by Crippen LogP contribution is -2.37. The molecule has 3 aromatic rings. The lowest BCUT2D eigenvalue weighted by Gasteiger charge is -2.29. The first-order valence-electron chi connectivity index (χ1n) is 12.1. The van der Waals surface area contributed by atoms with E-state index in [0.29, 0.717) is 67.3 Å². The summed E-state index contributed by atoms with van der Waals surface area (Å²) < 4.78 is 10.9. The molecule has 2 fully saturated rings. The molecule has 194 valence electrons. The Balaban J connectivity index is 1.24. The van der Waals surface area contributed by atoms with E-state index in [-0.39, 0.29) is 11.7 Å². The quantitative estimate of drug-likeness (QED) is 0.410. The van der Waals surface area contributed by atoms with Crippen molar-refractivity contribution in [3.8, 4) is 0 Å². The summed E-state index contributed by atoms with van der Waals surface area (Å²) in [5.74, 6) is 0.951. The molecule has 2 aliphatic heterocycles. The van der Waals surface area contributed by atoms with Crippen LogP contribution in [0.1, 0.15) is 0 Å². The van der Waals surface area contributed by atoms with E-state index in [0.717, 1.165) is 24.5 Å². The number of carbonyl (C=O) groups excluding carboxylic acids is 1. The number of anilines is 5. The summed E-state index contributed by atoms with van der Waals surface area (Å²) in [6.45, 7) is 5.57. The molecule has 0 aliphatic carbocycles. The maximum absolute atomic E-state index is 12.7. The van der Waals surface area contributed by atoms with E-state index >= 15 is 0 Å². The van der Waals surface area contributed by atoms with Crippen molar-refractivity contribution in [2.24, 2.45) is 0 Å². The molecule has 0 radical (unpaired) electrons. The van der Waals surface area contributed by atoms with Crippen molar-refractivity contribution in [3.05, 3.63) is 53.6 Å². The van der Waals surface area contributed by atoms with Gasteiger partial charge in [0.15, 0.2) is 5.16 Å². The fourth-order valence-corrected chi connectivity index (χ4v) is 4.92. The Labute approximate surface area is 224 Å². The predicted octanol–water partition coefficient (Wildman–Crippen LogP) is 3.67. The Morgan fingerprint density at radius 1 is 0.892 bits per heavy atom. The second-order valence-electron chi connectivity index (χ2n) is 8.43. The van der Waals surface area contributed by atoms with Crippen LogP contribution in [0.25, 0.3) is 0 Å². The van der Waals surface area contributed by atoms with Crippen molar-refractivity contribution in [2.75, 3.05) is 78.8 Å². The van der Waals surface area contributed by atoms with Crippen LogP contribution in [-0.4, -0.2) is 79.2 Å². The van der Waals surface area contributed by atoms with Crippen molar-refractivity contribution < 1.29 is 14.3 Å². The third-order valence-corrected chi connectivity index (χ3v) is 6.99. The summed E-state index contributed by atoms with van der Waals surface area (Å²) in [4.78, 5) is 30.7. The Morgan fingerprint density at radius 2 is 1.59 bits per heavy atom. The van der Waals surface area contributed by atoms with Crippen LogP contribution in [0.5, 0.6) is 0 Å². The topological polar surface area (TPSA) is 105 Å². The molecule has 1 amide bonds. The molecule has 12 heteroatoms. The molecule has 0 spiro atoms. The van der Waals surface area contributed by atoms with Crippen LogP contribution in [0.3, 0.4) is 0 Å². The first kappa shape index (κ1) is 25.5. The zero-order chi connectivity index (χ0) is 25.5. The van der Waals surface area contributed by atoms with Gasteiger partial charge >= 0.3 is 0 Å². The van der Waals surface area contributed by atoms with Gasteiger partial charge in [0.25, 0.3) is 0 Å².